The van der Waals surface area contributed by atoms with Gasteiger partial charge in [0, 0.05) is 34.1 Å². The second-order valence-electron chi connectivity index (χ2n) is 18.1. The number of benzene rings is 11. The third-order valence-corrected chi connectivity index (χ3v) is 13.3. The summed E-state index contributed by atoms with van der Waals surface area (Å²) in [6, 6.07) is 89.2. The highest BCUT2D eigenvalue weighted by molar-refractivity contribution is 6.22. The first kappa shape index (κ1) is 42.2. The standard InChI is InChI=1S/C66H52N2/c1-45-15-29-55(30-16-45)67(56-31-17-46(2)18-32-56)59-37-23-49(24-38-59)53-27-41-61-63(43-53)65(51-11-7-5-8-12-51)62-42-28-54(44-64(62)66(61)52-13-9-6-10-14-52)50-25-39-60(40-26-50)68(57-33-19-47(3)20-34-57)58-35-21-48(4)22-36-58/h5-44H,1-4H3. The van der Waals surface area contributed by atoms with Crippen LogP contribution < -0.4 is 9.80 Å². The predicted octanol–water partition coefficient (Wildman–Crippen LogP) is 18.8. The highest BCUT2D eigenvalue weighted by Crippen LogP contribution is 2.47. The fourth-order valence-electron chi connectivity index (χ4n) is 9.69. The van der Waals surface area contributed by atoms with Crippen molar-refractivity contribution in [3.05, 3.63) is 265 Å². The molecule has 2 nitrogen and oxygen atoms in total. The Balaban J connectivity index is 1.04. The van der Waals surface area contributed by atoms with Crippen LogP contribution in [0.5, 0.6) is 0 Å². The normalized spacial score (nSPS) is 11.2. The van der Waals surface area contributed by atoms with Gasteiger partial charge in [0.05, 0.1) is 0 Å². The Bertz CT molecular complexity index is 3190. The van der Waals surface area contributed by atoms with Crippen molar-refractivity contribution in [1.82, 2.24) is 0 Å². The van der Waals surface area contributed by atoms with Crippen LogP contribution in [0.2, 0.25) is 0 Å². The Morgan fingerprint density at radius 3 is 0.735 bits per heavy atom. The van der Waals surface area contributed by atoms with Crippen LogP contribution in [-0.2, 0) is 0 Å². The van der Waals surface area contributed by atoms with Crippen LogP contribution in [0, 0.1) is 27.7 Å². The molecule has 0 saturated carbocycles. The molecule has 0 aliphatic carbocycles. The molecule has 0 unspecified atom stereocenters. The van der Waals surface area contributed by atoms with Gasteiger partial charge in [0.1, 0.15) is 0 Å². The van der Waals surface area contributed by atoms with Crippen LogP contribution in [0.3, 0.4) is 0 Å². The quantitative estimate of drug-likeness (QED) is 0.126. The molecule has 0 heterocycles. The Morgan fingerprint density at radius 2 is 0.456 bits per heavy atom. The first-order chi connectivity index (χ1) is 33.3. The lowest BCUT2D eigenvalue weighted by Crippen LogP contribution is -2.09. The second kappa shape index (κ2) is 18.1. The van der Waals surface area contributed by atoms with Crippen molar-refractivity contribution in [3.63, 3.8) is 0 Å². The van der Waals surface area contributed by atoms with Crippen molar-refractivity contribution in [2.75, 3.05) is 9.80 Å². The van der Waals surface area contributed by atoms with Gasteiger partial charge in [0.15, 0.2) is 0 Å². The van der Waals surface area contributed by atoms with E-state index in [1.807, 2.05) is 0 Å². The average molecular weight is 873 g/mol. The van der Waals surface area contributed by atoms with E-state index in [-0.39, 0.29) is 0 Å². The first-order valence-corrected chi connectivity index (χ1v) is 23.6. The third kappa shape index (κ3) is 8.23. The minimum absolute atomic E-state index is 1.12. The summed E-state index contributed by atoms with van der Waals surface area (Å²) in [7, 11) is 0. The molecular formula is C66H52N2. The fourth-order valence-corrected chi connectivity index (χ4v) is 9.69. The minimum atomic E-state index is 1.12. The monoisotopic (exact) mass is 872 g/mol. The third-order valence-electron chi connectivity index (χ3n) is 13.3. The largest absolute Gasteiger partial charge is 0.311 e. The smallest absolute Gasteiger partial charge is 0.0462 e. The maximum absolute atomic E-state index is 2.41. The Morgan fingerprint density at radius 1 is 0.206 bits per heavy atom. The molecule has 326 valence electrons. The van der Waals surface area contributed by atoms with Crippen molar-refractivity contribution in [3.8, 4) is 44.5 Å². The predicted molar refractivity (Wildman–Crippen MR) is 292 cm³/mol. The zero-order valence-electron chi connectivity index (χ0n) is 39.0. The number of fused-ring (bicyclic) bond motifs is 2. The lowest BCUT2D eigenvalue weighted by molar-refractivity contribution is 1.27. The Kier molecular flexibility index (Phi) is 11.2. The lowest BCUT2D eigenvalue weighted by Gasteiger charge is -2.26. The van der Waals surface area contributed by atoms with Gasteiger partial charge in [0.2, 0.25) is 0 Å². The molecule has 0 saturated heterocycles. The van der Waals surface area contributed by atoms with E-state index >= 15 is 0 Å². The minimum Gasteiger partial charge on any atom is -0.311 e. The second-order valence-corrected chi connectivity index (χ2v) is 18.1. The van der Waals surface area contributed by atoms with Crippen molar-refractivity contribution >= 4 is 55.7 Å². The molecule has 0 amide bonds. The summed E-state index contributed by atoms with van der Waals surface area (Å²) in [5.74, 6) is 0. The van der Waals surface area contributed by atoms with E-state index in [0.29, 0.717) is 0 Å². The van der Waals surface area contributed by atoms with E-state index in [0.717, 1.165) is 34.1 Å². The van der Waals surface area contributed by atoms with Gasteiger partial charge in [-0.2, -0.15) is 0 Å². The van der Waals surface area contributed by atoms with E-state index in [1.54, 1.807) is 0 Å². The van der Waals surface area contributed by atoms with Crippen LogP contribution in [0.25, 0.3) is 66.1 Å². The van der Waals surface area contributed by atoms with Gasteiger partial charge in [-0.05, 0) is 179 Å². The van der Waals surface area contributed by atoms with Crippen molar-refractivity contribution in [2.45, 2.75) is 27.7 Å². The van der Waals surface area contributed by atoms with E-state index in [1.165, 1.54) is 88.3 Å². The van der Waals surface area contributed by atoms with Gasteiger partial charge >= 0.3 is 0 Å². The summed E-state index contributed by atoms with van der Waals surface area (Å²) in [5, 5.41) is 4.92. The number of aryl methyl sites for hydroxylation is 4. The summed E-state index contributed by atoms with van der Waals surface area (Å²) in [6.45, 7) is 8.55. The maximum atomic E-state index is 2.41. The highest BCUT2D eigenvalue weighted by atomic mass is 15.1. The fraction of sp³-hybridized carbons (Fsp3) is 0.0606. The van der Waals surface area contributed by atoms with Gasteiger partial charge in [-0.3, -0.25) is 0 Å². The molecule has 0 atom stereocenters. The number of hydrogen-bond donors (Lipinski definition) is 0. The van der Waals surface area contributed by atoms with E-state index in [4.69, 9.17) is 0 Å². The first-order valence-electron chi connectivity index (χ1n) is 23.6. The van der Waals surface area contributed by atoms with Crippen molar-refractivity contribution in [2.24, 2.45) is 0 Å². The number of nitrogens with zero attached hydrogens (tertiary/aromatic N) is 2. The molecule has 11 aromatic carbocycles. The molecule has 0 N–H and O–H groups in total. The van der Waals surface area contributed by atoms with Gasteiger partial charge in [0.25, 0.3) is 0 Å². The van der Waals surface area contributed by atoms with E-state index < -0.39 is 0 Å². The molecule has 11 aromatic rings. The van der Waals surface area contributed by atoms with Crippen LogP contribution in [0.4, 0.5) is 34.1 Å². The molecular weight excluding hydrogens is 821 g/mol. The van der Waals surface area contributed by atoms with Gasteiger partial charge in [-0.15, -0.1) is 0 Å². The zero-order chi connectivity index (χ0) is 46.1. The average Bonchev–Trinajstić information content (AvgIpc) is 3.38. The van der Waals surface area contributed by atoms with Crippen LogP contribution in [0.15, 0.2) is 243 Å². The van der Waals surface area contributed by atoms with Crippen LogP contribution in [0.1, 0.15) is 22.3 Å². The molecule has 11 rings (SSSR count). The van der Waals surface area contributed by atoms with E-state index in [2.05, 4.69) is 280 Å². The zero-order valence-corrected chi connectivity index (χ0v) is 39.0. The number of anilines is 6. The van der Waals surface area contributed by atoms with Gasteiger partial charge < -0.3 is 9.80 Å². The highest BCUT2D eigenvalue weighted by Gasteiger charge is 2.20. The van der Waals surface area contributed by atoms with Gasteiger partial charge in [-0.25, -0.2) is 0 Å². The van der Waals surface area contributed by atoms with Crippen LogP contribution >= 0.6 is 0 Å². The summed E-state index contributed by atoms with van der Waals surface area (Å²) in [4.78, 5) is 4.67. The van der Waals surface area contributed by atoms with Gasteiger partial charge in [-0.1, -0.05) is 180 Å². The molecule has 0 bridgehead atoms. The number of rotatable bonds is 10. The topological polar surface area (TPSA) is 6.48 Å². The SMILES string of the molecule is Cc1ccc(N(c2ccc(C)cc2)c2ccc(-c3ccc4c(-c5ccccc5)c5cc(-c6ccc(N(c7ccc(C)cc7)c7ccc(C)cc7)cc6)ccc5c(-c5ccccc5)c4c3)cc2)cc1. The summed E-state index contributed by atoms with van der Waals surface area (Å²) < 4.78 is 0. The molecule has 0 aliphatic rings. The molecule has 2 heteroatoms. The van der Waals surface area contributed by atoms with Crippen LogP contribution in [-0.4, -0.2) is 0 Å². The number of hydrogen-bond acceptors (Lipinski definition) is 2. The maximum Gasteiger partial charge on any atom is 0.0462 e. The molecule has 0 spiro atoms. The van der Waals surface area contributed by atoms with Crippen molar-refractivity contribution in [1.29, 1.82) is 0 Å². The summed E-state index contributed by atoms with van der Waals surface area (Å²) in [6.07, 6.45) is 0. The molecule has 0 radical (unpaired) electrons. The molecule has 0 aromatic heterocycles. The molecule has 68 heavy (non-hydrogen) atoms. The Labute approximate surface area is 400 Å². The van der Waals surface area contributed by atoms with E-state index in [9.17, 15) is 0 Å². The molecule has 0 fully saturated rings. The van der Waals surface area contributed by atoms with Crippen molar-refractivity contribution < 1.29 is 0 Å². The Hall–Kier alpha value is -8.46. The summed E-state index contributed by atoms with van der Waals surface area (Å²) in [5.41, 5.74) is 21.3. The summed E-state index contributed by atoms with van der Waals surface area (Å²) >= 11 is 0. The molecule has 0 aliphatic heterocycles. The lowest BCUT2D eigenvalue weighted by atomic mass is 9.84.